The van der Waals surface area contributed by atoms with Gasteiger partial charge >= 0.3 is 0 Å². The van der Waals surface area contributed by atoms with Crippen molar-refractivity contribution in [2.45, 2.75) is 0 Å². The molecule has 0 unspecified atom stereocenters. The summed E-state index contributed by atoms with van der Waals surface area (Å²) in [7, 11) is 0. The van der Waals surface area contributed by atoms with Gasteiger partial charge in [0, 0.05) is 6.21 Å². The first-order chi connectivity index (χ1) is 4.92. The molecule has 2 aromatic heterocycles. The third-order valence-corrected chi connectivity index (χ3v) is 1.31. The third-order valence-electron chi connectivity index (χ3n) is 1.31. The van der Waals surface area contributed by atoms with Crippen LogP contribution in [0.15, 0.2) is 23.1 Å². The summed E-state index contributed by atoms with van der Waals surface area (Å²) < 4.78 is 6.61. The highest BCUT2D eigenvalue weighted by molar-refractivity contribution is 5.84. The highest BCUT2D eigenvalue weighted by atomic mass is 16.3. The number of nitrogens with one attached hydrogen (secondary N) is 1. The zero-order chi connectivity index (χ0) is 6.97. The molecule has 0 aliphatic heterocycles. The van der Waals surface area contributed by atoms with Crippen LogP contribution in [0.1, 0.15) is 5.56 Å². The van der Waals surface area contributed by atoms with E-state index in [1.807, 2.05) is 0 Å². The zero-order valence-corrected chi connectivity index (χ0v) is 5.11. The molecule has 0 aliphatic rings. The van der Waals surface area contributed by atoms with Crippen LogP contribution in [0.3, 0.4) is 0 Å². The van der Waals surface area contributed by atoms with E-state index in [2.05, 4.69) is 5.10 Å². The van der Waals surface area contributed by atoms with Gasteiger partial charge in [0.1, 0.15) is 6.26 Å². The Labute approximate surface area is 56.6 Å². The van der Waals surface area contributed by atoms with Crippen molar-refractivity contribution in [1.29, 1.82) is 5.41 Å². The van der Waals surface area contributed by atoms with Gasteiger partial charge in [-0.25, -0.2) is 4.52 Å². The summed E-state index contributed by atoms with van der Waals surface area (Å²) >= 11 is 0. The Morgan fingerprint density at radius 3 is 3.40 bits per heavy atom. The van der Waals surface area contributed by atoms with Gasteiger partial charge in [0.2, 0.25) is 5.71 Å². The van der Waals surface area contributed by atoms with Gasteiger partial charge in [0.05, 0.1) is 18.0 Å². The second-order valence-electron chi connectivity index (χ2n) is 1.90. The molecule has 0 saturated carbocycles. The molecular formula is C6H5N3O. The van der Waals surface area contributed by atoms with Gasteiger partial charge in [-0.2, -0.15) is 5.10 Å². The fraction of sp³-hybridized carbons (Fsp3) is 0. The smallest absolute Gasteiger partial charge is 0.230 e. The molecule has 4 heteroatoms. The fourth-order valence-electron chi connectivity index (χ4n) is 0.844. The molecular weight excluding hydrogens is 130 g/mol. The molecule has 0 amide bonds. The number of rotatable bonds is 1. The molecule has 0 fully saturated rings. The average molecular weight is 135 g/mol. The number of nitrogens with zero attached hydrogens (tertiary/aromatic N) is 2. The van der Waals surface area contributed by atoms with Gasteiger partial charge in [-0.3, -0.25) is 0 Å². The largest absolute Gasteiger partial charge is 0.444 e. The maximum atomic E-state index is 6.94. The number of aromatic nitrogens is 2. The van der Waals surface area contributed by atoms with Crippen molar-refractivity contribution in [3.05, 3.63) is 24.2 Å². The standard InChI is InChI=1S/C6H5N3O/c7-3-5-4-8-9-1-2-10-6(5)9/h1-4,7H. The molecule has 0 aromatic carbocycles. The van der Waals surface area contributed by atoms with Gasteiger partial charge in [-0.1, -0.05) is 0 Å². The quantitative estimate of drug-likeness (QED) is 0.591. The van der Waals surface area contributed by atoms with E-state index in [0.29, 0.717) is 11.3 Å². The normalized spacial score (nSPS) is 10.4. The lowest BCUT2D eigenvalue weighted by Crippen LogP contribution is -1.76. The second-order valence-corrected chi connectivity index (χ2v) is 1.90. The number of oxazole rings is 1. The first-order valence-electron chi connectivity index (χ1n) is 2.83. The highest BCUT2D eigenvalue weighted by Gasteiger charge is 2.01. The molecule has 2 rings (SSSR count). The van der Waals surface area contributed by atoms with Gasteiger partial charge in [-0.05, 0) is 0 Å². The fourth-order valence-corrected chi connectivity index (χ4v) is 0.844. The molecule has 1 N–H and O–H groups in total. The van der Waals surface area contributed by atoms with E-state index in [-0.39, 0.29) is 0 Å². The Balaban J connectivity index is 2.88. The average Bonchev–Trinajstić information content (AvgIpc) is 2.44. The molecule has 4 nitrogen and oxygen atoms in total. The lowest BCUT2D eigenvalue weighted by Gasteiger charge is -1.77. The topological polar surface area (TPSA) is 54.3 Å². The van der Waals surface area contributed by atoms with Crippen molar-refractivity contribution in [3.63, 3.8) is 0 Å². The van der Waals surface area contributed by atoms with Crippen molar-refractivity contribution in [1.82, 2.24) is 9.61 Å². The lowest BCUT2D eigenvalue weighted by atomic mass is 10.4. The number of fused-ring (bicyclic) bond motifs is 1. The molecule has 10 heavy (non-hydrogen) atoms. The highest BCUT2D eigenvalue weighted by Crippen LogP contribution is 2.07. The van der Waals surface area contributed by atoms with Crippen molar-refractivity contribution in [2.24, 2.45) is 0 Å². The third kappa shape index (κ3) is 0.500. The number of hydrogen-bond donors (Lipinski definition) is 1. The van der Waals surface area contributed by atoms with Gasteiger partial charge < -0.3 is 9.83 Å². The van der Waals surface area contributed by atoms with Crippen LogP contribution in [0, 0.1) is 5.41 Å². The van der Waals surface area contributed by atoms with E-state index < -0.39 is 0 Å². The van der Waals surface area contributed by atoms with Crippen LogP contribution in [-0.4, -0.2) is 15.8 Å². The van der Waals surface area contributed by atoms with Gasteiger partial charge in [0.25, 0.3) is 0 Å². The Morgan fingerprint density at radius 1 is 1.70 bits per heavy atom. The minimum absolute atomic E-state index is 0.620. The summed E-state index contributed by atoms with van der Waals surface area (Å²) in [6, 6.07) is 0. The van der Waals surface area contributed by atoms with Gasteiger partial charge in [0.15, 0.2) is 0 Å². The van der Waals surface area contributed by atoms with E-state index in [9.17, 15) is 0 Å². The van der Waals surface area contributed by atoms with Crippen LogP contribution in [-0.2, 0) is 0 Å². The molecule has 0 aliphatic carbocycles. The van der Waals surface area contributed by atoms with Crippen LogP contribution >= 0.6 is 0 Å². The molecule has 2 aromatic rings. The first kappa shape index (κ1) is 5.22. The minimum atomic E-state index is 0.620. The predicted octanol–water partition coefficient (Wildman–Crippen LogP) is 0.925. The van der Waals surface area contributed by atoms with E-state index in [1.165, 1.54) is 12.5 Å². The lowest BCUT2D eigenvalue weighted by molar-refractivity contribution is 0.606. The van der Waals surface area contributed by atoms with Crippen LogP contribution in [0.5, 0.6) is 0 Å². The Kier molecular flexibility index (Phi) is 0.887. The SMILES string of the molecule is N=Cc1cnn2ccoc12. The van der Waals surface area contributed by atoms with E-state index in [0.717, 1.165) is 0 Å². The summed E-state index contributed by atoms with van der Waals surface area (Å²) in [5.74, 6) is 0. The Hall–Kier alpha value is -1.58. The Bertz CT molecular complexity index is 360. The molecule has 2 heterocycles. The molecule has 0 spiro atoms. The van der Waals surface area contributed by atoms with E-state index in [4.69, 9.17) is 9.83 Å². The Morgan fingerprint density at radius 2 is 2.60 bits per heavy atom. The van der Waals surface area contributed by atoms with Crippen LogP contribution in [0.25, 0.3) is 5.71 Å². The maximum Gasteiger partial charge on any atom is 0.230 e. The monoisotopic (exact) mass is 135 g/mol. The minimum Gasteiger partial charge on any atom is -0.444 e. The van der Waals surface area contributed by atoms with Crippen molar-refractivity contribution in [3.8, 4) is 0 Å². The van der Waals surface area contributed by atoms with Crippen molar-refractivity contribution in [2.75, 3.05) is 0 Å². The summed E-state index contributed by atoms with van der Waals surface area (Å²) in [5.41, 5.74) is 1.32. The van der Waals surface area contributed by atoms with Crippen LogP contribution in [0.4, 0.5) is 0 Å². The first-order valence-corrected chi connectivity index (χ1v) is 2.83. The summed E-state index contributed by atoms with van der Waals surface area (Å²) in [6.07, 6.45) is 6.04. The summed E-state index contributed by atoms with van der Waals surface area (Å²) in [4.78, 5) is 0. The molecule has 0 atom stereocenters. The van der Waals surface area contributed by atoms with Crippen molar-refractivity contribution >= 4 is 11.9 Å². The summed E-state index contributed by atoms with van der Waals surface area (Å²) in [5, 5.41) is 10.9. The second kappa shape index (κ2) is 1.70. The number of hydrogen-bond acceptors (Lipinski definition) is 3. The molecule has 0 radical (unpaired) electrons. The van der Waals surface area contributed by atoms with Crippen LogP contribution < -0.4 is 0 Å². The van der Waals surface area contributed by atoms with Crippen LogP contribution in [0.2, 0.25) is 0 Å². The molecule has 50 valence electrons. The predicted molar refractivity (Wildman–Crippen MR) is 35.3 cm³/mol. The van der Waals surface area contributed by atoms with Crippen molar-refractivity contribution < 1.29 is 4.42 Å². The maximum absolute atomic E-state index is 6.94. The van der Waals surface area contributed by atoms with E-state index in [1.54, 1.807) is 16.9 Å². The summed E-state index contributed by atoms with van der Waals surface area (Å²) in [6.45, 7) is 0. The molecule has 0 saturated heterocycles. The van der Waals surface area contributed by atoms with E-state index >= 15 is 0 Å². The van der Waals surface area contributed by atoms with Gasteiger partial charge in [-0.15, -0.1) is 0 Å². The molecule has 0 bridgehead atoms. The zero-order valence-electron chi connectivity index (χ0n) is 5.11.